The highest BCUT2D eigenvalue weighted by molar-refractivity contribution is 6.04. The second kappa shape index (κ2) is 6.38. The van der Waals surface area contributed by atoms with Crippen molar-refractivity contribution in [3.05, 3.63) is 29.3 Å². The molecule has 3 N–H and O–H groups in total. The fraction of sp³-hybridized carbons (Fsp3) is 0.333. The number of anilines is 1. The van der Waals surface area contributed by atoms with Crippen LogP contribution in [-0.4, -0.2) is 31.2 Å². The Morgan fingerprint density at radius 2 is 2.00 bits per heavy atom. The Kier molecular flexibility index (Phi) is 5.09. The second-order valence-corrected chi connectivity index (χ2v) is 4.02. The van der Waals surface area contributed by atoms with E-state index < -0.39 is 31.2 Å². The van der Waals surface area contributed by atoms with Crippen molar-refractivity contribution in [3.8, 4) is 0 Å². The third-order valence-electron chi connectivity index (χ3n) is 2.29. The van der Waals surface area contributed by atoms with E-state index in [4.69, 9.17) is 5.73 Å². The maximum absolute atomic E-state index is 11.8. The number of amides is 2. The molecule has 8 heteroatoms. The zero-order valence-electron chi connectivity index (χ0n) is 10.6. The topological polar surface area (TPSA) is 81.4 Å². The maximum Gasteiger partial charge on any atom is 0.411 e. The van der Waals surface area contributed by atoms with Crippen molar-refractivity contribution in [2.24, 2.45) is 5.73 Å². The summed E-state index contributed by atoms with van der Waals surface area (Å²) in [6.07, 6.45) is -4.50. The minimum Gasteiger partial charge on any atom is -0.366 e. The first kappa shape index (κ1) is 16.0. The molecule has 0 radical (unpaired) electrons. The number of hydrogen-bond donors (Lipinski definition) is 2. The first-order chi connectivity index (χ1) is 9.20. The third-order valence-corrected chi connectivity index (χ3v) is 2.29. The predicted molar refractivity (Wildman–Crippen MR) is 65.2 cm³/mol. The number of carbonyl (C=O) groups excluding carboxylic acids is 2. The number of nitrogens with one attached hydrogen (secondary N) is 1. The molecule has 5 nitrogen and oxygen atoms in total. The van der Waals surface area contributed by atoms with Gasteiger partial charge in [-0.25, -0.2) is 0 Å². The van der Waals surface area contributed by atoms with Crippen LogP contribution in [0.5, 0.6) is 0 Å². The van der Waals surface area contributed by atoms with Crippen LogP contribution in [0.1, 0.15) is 15.9 Å². The van der Waals surface area contributed by atoms with E-state index in [2.05, 4.69) is 10.1 Å². The van der Waals surface area contributed by atoms with E-state index in [-0.39, 0.29) is 11.3 Å². The van der Waals surface area contributed by atoms with Crippen LogP contribution in [0.3, 0.4) is 0 Å². The van der Waals surface area contributed by atoms with Gasteiger partial charge in [-0.05, 0) is 18.6 Å². The minimum atomic E-state index is -4.50. The lowest BCUT2D eigenvalue weighted by atomic mass is 10.1. The summed E-state index contributed by atoms with van der Waals surface area (Å²) >= 11 is 0. The zero-order chi connectivity index (χ0) is 15.3. The average molecular weight is 290 g/mol. The van der Waals surface area contributed by atoms with Gasteiger partial charge in [0.2, 0.25) is 5.91 Å². The number of rotatable bonds is 5. The molecule has 0 atom stereocenters. The van der Waals surface area contributed by atoms with Crippen LogP contribution >= 0.6 is 0 Å². The third kappa shape index (κ3) is 4.88. The lowest BCUT2D eigenvalue weighted by Gasteiger charge is -2.12. The molecule has 0 fully saturated rings. The molecule has 0 spiro atoms. The van der Waals surface area contributed by atoms with Crippen molar-refractivity contribution in [2.45, 2.75) is 13.1 Å². The Balaban J connectivity index is 2.67. The van der Waals surface area contributed by atoms with Crippen LogP contribution in [0.25, 0.3) is 0 Å². The fourth-order valence-electron chi connectivity index (χ4n) is 1.54. The molecule has 0 aliphatic heterocycles. The van der Waals surface area contributed by atoms with Crippen LogP contribution in [0.4, 0.5) is 18.9 Å². The van der Waals surface area contributed by atoms with E-state index >= 15 is 0 Å². The molecule has 0 aromatic heterocycles. The van der Waals surface area contributed by atoms with E-state index in [0.717, 1.165) is 0 Å². The normalized spacial score (nSPS) is 11.2. The number of aryl methyl sites for hydroxylation is 1. The molecule has 0 aliphatic rings. The number of carbonyl (C=O) groups is 2. The molecule has 20 heavy (non-hydrogen) atoms. The predicted octanol–water partition coefficient (Wildman–Crippen LogP) is 1.61. The highest BCUT2D eigenvalue weighted by Gasteiger charge is 2.27. The lowest BCUT2D eigenvalue weighted by molar-refractivity contribution is -0.174. The Hall–Kier alpha value is -2.09. The number of benzene rings is 1. The van der Waals surface area contributed by atoms with E-state index in [0.29, 0.717) is 5.56 Å². The van der Waals surface area contributed by atoms with Gasteiger partial charge in [-0.1, -0.05) is 12.1 Å². The molecule has 0 saturated carbocycles. The molecule has 1 aromatic carbocycles. The number of hydrogen-bond acceptors (Lipinski definition) is 3. The van der Waals surface area contributed by atoms with Gasteiger partial charge in [0.1, 0.15) is 13.2 Å². The maximum atomic E-state index is 11.8. The van der Waals surface area contributed by atoms with E-state index in [1.165, 1.54) is 6.07 Å². The molecule has 110 valence electrons. The summed E-state index contributed by atoms with van der Waals surface area (Å²) in [4.78, 5) is 22.7. The largest absolute Gasteiger partial charge is 0.411 e. The standard InChI is InChI=1S/C12H13F3N2O3/c1-7-3-2-4-8(10(7)11(16)19)17-9(18)5-20-6-12(13,14)15/h2-4H,5-6H2,1H3,(H2,16,19)(H,17,18). The Bertz CT molecular complexity index is 515. The van der Waals surface area contributed by atoms with Gasteiger partial charge in [0.05, 0.1) is 11.3 Å². The van der Waals surface area contributed by atoms with Gasteiger partial charge in [-0.3, -0.25) is 9.59 Å². The summed E-state index contributed by atoms with van der Waals surface area (Å²) in [6.45, 7) is -0.668. The summed E-state index contributed by atoms with van der Waals surface area (Å²) < 4.78 is 39.7. The Labute approximate surface area is 112 Å². The summed E-state index contributed by atoms with van der Waals surface area (Å²) in [5.74, 6) is -1.54. The van der Waals surface area contributed by atoms with Gasteiger partial charge < -0.3 is 15.8 Å². The van der Waals surface area contributed by atoms with E-state index in [1.807, 2.05) is 0 Å². The van der Waals surface area contributed by atoms with Gasteiger partial charge in [0, 0.05) is 0 Å². The minimum absolute atomic E-state index is 0.108. The van der Waals surface area contributed by atoms with E-state index in [9.17, 15) is 22.8 Å². The van der Waals surface area contributed by atoms with Gasteiger partial charge in [-0.2, -0.15) is 13.2 Å². The Morgan fingerprint density at radius 1 is 1.35 bits per heavy atom. The quantitative estimate of drug-likeness (QED) is 0.864. The van der Waals surface area contributed by atoms with Crippen LogP contribution in [0.2, 0.25) is 0 Å². The number of nitrogens with two attached hydrogens (primary N) is 1. The Morgan fingerprint density at radius 3 is 2.55 bits per heavy atom. The van der Waals surface area contributed by atoms with Gasteiger partial charge >= 0.3 is 6.18 Å². The van der Waals surface area contributed by atoms with Crippen LogP contribution in [-0.2, 0) is 9.53 Å². The summed E-state index contributed by atoms with van der Waals surface area (Å²) in [6, 6.07) is 4.62. The van der Waals surface area contributed by atoms with Gasteiger partial charge in [-0.15, -0.1) is 0 Å². The monoisotopic (exact) mass is 290 g/mol. The highest BCUT2D eigenvalue weighted by atomic mass is 19.4. The van der Waals surface area contributed by atoms with E-state index in [1.54, 1.807) is 19.1 Å². The van der Waals surface area contributed by atoms with Crippen LogP contribution in [0.15, 0.2) is 18.2 Å². The molecule has 1 rings (SSSR count). The molecule has 0 aliphatic carbocycles. The molecular weight excluding hydrogens is 277 g/mol. The zero-order valence-corrected chi connectivity index (χ0v) is 10.6. The molecule has 0 bridgehead atoms. The first-order valence-electron chi connectivity index (χ1n) is 5.54. The molecular formula is C12H13F3N2O3. The van der Waals surface area contributed by atoms with Crippen LogP contribution < -0.4 is 11.1 Å². The van der Waals surface area contributed by atoms with Crippen molar-refractivity contribution in [2.75, 3.05) is 18.5 Å². The number of ether oxygens (including phenoxy) is 1. The van der Waals surface area contributed by atoms with Crippen molar-refractivity contribution in [1.29, 1.82) is 0 Å². The highest BCUT2D eigenvalue weighted by Crippen LogP contribution is 2.19. The van der Waals surface area contributed by atoms with Crippen molar-refractivity contribution < 1.29 is 27.5 Å². The SMILES string of the molecule is Cc1cccc(NC(=O)COCC(F)(F)F)c1C(N)=O. The fourth-order valence-corrected chi connectivity index (χ4v) is 1.54. The second-order valence-electron chi connectivity index (χ2n) is 4.02. The summed E-state index contributed by atoms with van der Waals surface area (Å²) in [7, 11) is 0. The molecule has 2 amide bonds. The molecule has 0 saturated heterocycles. The van der Waals surface area contributed by atoms with Crippen molar-refractivity contribution >= 4 is 17.5 Å². The molecule has 0 heterocycles. The smallest absolute Gasteiger partial charge is 0.366 e. The average Bonchev–Trinajstić information content (AvgIpc) is 2.26. The number of halogens is 3. The molecule has 0 unspecified atom stereocenters. The number of alkyl halides is 3. The lowest BCUT2D eigenvalue weighted by Crippen LogP contribution is -2.25. The molecule has 1 aromatic rings. The van der Waals surface area contributed by atoms with Crippen molar-refractivity contribution in [1.82, 2.24) is 0 Å². The van der Waals surface area contributed by atoms with Gasteiger partial charge in [0.25, 0.3) is 5.91 Å². The number of primary amides is 1. The van der Waals surface area contributed by atoms with Crippen LogP contribution in [0, 0.1) is 6.92 Å². The first-order valence-corrected chi connectivity index (χ1v) is 5.54. The summed E-state index contributed by atoms with van der Waals surface area (Å²) in [5.41, 5.74) is 5.97. The summed E-state index contributed by atoms with van der Waals surface area (Å²) in [5, 5.41) is 2.29. The van der Waals surface area contributed by atoms with Crippen molar-refractivity contribution in [3.63, 3.8) is 0 Å². The van der Waals surface area contributed by atoms with Gasteiger partial charge in [0.15, 0.2) is 0 Å².